The first-order valence-corrected chi connectivity index (χ1v) is 8.28. The highest BCUT2D eigenvalue weighted by molar-refractivity contribution is 6.39. The molecule has 0 radical (unpaired) electrons. The molecule has 8 heteroatoms. The van der Waals surface area contributed by atoms with Gasteiger partial charge in [-0.2, -0.15) is 0 Å². The van der Waals surface area contributed by atoms with E-state index in [1.54, 1.807) is 23.1 Å². The molecular weight excluding hydrogens is 326 g/mol. The van der Waals surface area contributed by atoms with Crippen molar-refractivity contribution in [2.45, 2.75) is 13.8 Å². The van der Waals surface area contributed by atoms with Crippen molar-refractivity contribution < 1.29 is 23.9 Å². The molecule has 0 saturated carbocycles. The van der Waals surface area contributed by atoms with Gasteiger partial charge in [-0.05, 0) is 26.0 Å². The molecule has 8 nitrogen and oxygen atoms in total. The number of amides is 3. The van der Waals surface area contributed by atoms with E-state index in [1.165, 1.54) is 4.90 Å². The molecule has 0 bridgehead atoms. The van der Waals surface area contributed by atoms with Crippen LogP contribution in [0.4, 0.5) is 5.69 Å². The van der Waals surface area contributed by atoms with Gasteiger partial charge < -0.3 is 24.6 Å². The third-order valence-corrected chi connectivity index (χ3v) is 3.75. The number of nitrogens with one attached hydrogen (secondary N) is 1. The van der Waals surface area contributed by atoms with Gasteiger partial charge in [0.25, 0.3) is 0 Å². The van der Waals surface area contributed by atoms with Gasteiger partial charge in [-0.15, -0.1) is 0 Å². The fourth-order valence-electron chi connectivity index (χ4n) is 2.49. The summed E-state index contributed by atoms with van der Waals surface area (Å²) in [6, 6.07) is 4.98. The minimum atomic E-state index is -0.717. The zero-order valence-electron chi connectivity index (χ0n) is 14.5. The molecular formula is C17H23N3O5. The Morgan fingerprint density at radius 1 is 1.08 bits per heavy atom. The Morgan fingerprint density at radius 2 is 1.72 bits per heavy atom. The van der Waals surface area contributed by atoms with E-state index in [1.807, 2.05) is 13.8 Å². The Morgan fingerprint density at radius 3 is 2.32 bits per heavy atom. The van der Waals surface area contributed by atoms with Gasteiger partial charge in [-0.1, -0.05) is 0 Å². The lowest BCUT2D eigenvalue weighted by molar-refractivity contribution is -0.144. The molecule has 2 rings (SSSR count). The predicted molar refractivity (Wildman–Crippen MR) is 91.6 cm³/mol. The zero-order chi connectivity index (χ0) is 18.2. The quantitative estimate of drug-likeness (QED) is 0.604. The molecule has 1 aromatic carbocycles. The van der Waals surface area contributed by atoms with Crippen LogP contribution in [-0.2, 0) is 14.4 Å². The summed E-state index contributed by atoms with van der Waals surface area (Å²) in [5.74, 6) is -0.239. The van der Waals surface area contributed by atoms with Gasteiger partial charge in [0, 0.05) is 37.9 Å². The van der Waals surface area contributed by atoms with Crippen molar-refractivity contribution in [1.29, 1.82) is 0 Å². The highest BCUT2D eigenvalue weighted by Gasteiger charge is 2.25. The minimum Gasteiger partial charge on any atom is -0.490 e. The van der Waals surface area contributed by atoms with Crippen molar-refractivity contribution in [2.75, 3.05) is 44.7 Å². The maximum Gasteiger partial charge on any atom is 0.313 e. The number of hydrogen-bond donors (Lipinski definition) is 1. The Kier molecular flexibility index (Phi) is 6.62. The van der Waals surface area contributed by atoms with E-state index in [0.717, 1.165) is 6.41 Å². The third-order valence-electron chi connectivity index (χ3n) is 3.75. The van der Waals surface area contributed by atoms with Crippen LogP contribution in [-0.4, -0.2) is 67.4 Å². The van der Waals surface area contributed by atoms with E-state index in [0.29, 0.717) is 56.6 Å². The van der Waals surface area contributed by atoms with Gasteiger partial charge in [0.1, 0.15) is 0 Å². The Balaban J connectivity index is 2.00. The van der Waals surface area contributed by atoms with Crippen LogP contribution < -0.4 is 14.8 Å². The molecule has 0 spiro atoms. The average Bonchev–Trinajstić information content (AvgIpc) is 2.63. The van der Waals surface area contributed by atoms with Crippen molar-refractivity contribution in [1.82, 2.24) is 9.80 Å². The molecule has 136 valence electrons. The number of carbonyl (C=O) groups is 3. The van der Waals surface area contributed by atoms with Crippen molar-refractivity contribution in [3.63, 3.8) is 0 Å². The Hall–Kier alpha value is -2.77. The number of hydrogen-bond acceptors (Lipinski definition) is 5. The maximum atomic E-state index is 12.2. The summed E-state index contributed by atoms with van der Waals surface area (Å²) in [5, 5.41) is 2.58. The third kappa shape index (κ3) is 4.85. The highest BCUT2D eigenvalue weighted by atomic mass is 16.5. The van der Waals surface area contributed by atoms with E-state index in [-0.39, 0.29) is 0 Å². The van der Waals surface area contributed by atoms with Gasteiger partial charge in [-0.3, -0.25) is 14.4 Å². The normalized spacial score (nSPS) is 14.0. The van der Waals surface area contributed by atoms with Gasteiger partial charge in [0.05, 0.1) is 13.2 Å². The second-order valence-electron chi connectivity index (χ2n) is 5.42. The van der Waals surface area contributed by atoms with Crippen LogP contribution in [0.5, 0.6) is 11.5 Å². The minimum absolute atomic E-state index is 0.346. The van der Waals surface area contributed by atoms with Crippen molar-refractivity contribution >= 4 is 23.9 Å². The lowest BCUT2D eigenvalue weighted by Crippen LogP contribution is -2.51. The van der Waals surface area contributed by atoms with Crippen LogP contribution in [0.2, 0.25) is 0 Å². The average molecular weight is 349 g/mol. The van der Waals surface area contributed by atoms with Gasteiger partial charge in [0.15, 0.2) is 11.5 Å². The molecule has 1 aliphatic heterocycles. The van der Waals surface area contributed by atoms with Crippen LogP contribution in [0.3, 0.4) is 0 Å². The lowest BCUT2D eigenvalue weighted by Gasteiger charge is -2.31. The molecule has 1 aliphatic rings. The van der Waals surface area contributed by atoms with Crippen LogP contribution >= 0.6 is 0 Å². The van der Waals surface area contributed by atoms with Gasteiger partial charge >= 0.3 is 11.8 Å². The largest absolute Gasteiger partial charge is 0.490 e. The summed E-state index contributed by atoms with van der Waals surface area (Å²) < 4.78 is 11.0. The first kappa shape index (κ1) is 18.6. The smallest absolute Gasteiger partial charge is 0.313 e. The Labute approximate surface area is 146 Å². The first-order valence-electron chi connectivity index (χ1n) is 8.28. The number of nitrogens with zero attached hydrogens (tertiary/aromatic N) is 2. The summed E-state index contributed by atoms with van der Waals surface area (Å²) in [5.41, 5.74) is 0.455. The van der Waals surface area contributed by atoms with Gasteiger partial charge in [-0.25, -0.2) is 0 Å². The van der Waals surface area contributed by atoms with E-state index in [9.17, 15) is 14.4 Å². The molecule has 1 N–H and O–H groups in total. The van der Waals surface area contributed by atoms with Crippen LogP contribution in [0.1, 0.15) is 13.8 Å². The lowest BCUT2D eigenvalue weighted by atomic mass is 10.2. The topological polar surface area (TPSA) is 88.2 Å². The zero-order valence-corrected chi connectivity index (χ0v) is 14.5. The maximum absolute atomic E-state index is 12.2. The monoisotopic (exact) mass is 349 g/mol. The van der Waals surface area contributed by atoms with Crippen molar-refractivity contribution in [2.24, 2.45) is 0 Å². The number of rotatable bonds is 6. The number of ether oxygens (including phenoxy) is 2. The van der Waals surface area contributed by atoms with Crippen LogP contribution in [0, 0.1) is 0 Å². The molecule has 0 unspecified atom stereocenters. The van der Waals surface area contributed by atoms with Crippen molar-refractivity contribution in [3.8, 4) is 11.5 Å². The standard InChI is InChI=1S/C17H23N3O5/c1-3-24-14-6-5-13(11-15(14)25-4-2)18-16(22)17(23)20-9-7-19(12-21)8-10-20/h5-6,11-12H,3-4,7-10H2,1-2H3,(H,18,22). The fourth-order valence-corrected chi connectivity index (χ4v) is 2.49. The van der Waals surface area contributed by atoms with E-state index in [4.69, 9.17) is 9.47 Å². The van der Waals surface area contributed by atoms with E-state index >= 15 is 0 Å². The molecule has 1 fully saturated rings. The van der Waals surface area contributed by atoms with Crippen LogP contribution in [0.15, 0.2) is 18.2 Å². The SMILES string of the molecule is CCOc1ccc(NC(=O)C(=O)N2CCN(C=O)CC2)cc1OCC. The summed E-state index contributed by atoms with van der Waals surface area (Å²) in [6.07, 6.45) is 0.747. The molecule has 3 amide bonds. The number of benzene rings is 1. The predicted octanol–water partition coefficient (Wildman–Crippen LogP) is 0.723. The second kappa shape index (κ2) is 8.91. The fraction of sp³-hybridized carbons (Fsp3) is 0.471. The molecule has 25 heavy (non-hydrogen) atoms. The van der Waals surface area contributed by atoms with E-state index in [2.05, 4.69) is 5.32 Å². The van der Waals surface area contributed by atoms with E-state index < -0.39 is 11.8 Å². The molecule has 1 heterocycles. The molecule has 1 saturated heterocycles. The number of carbonyl (C=O) groups excluding carboxylic acids is 3. The second-order valence-corrected chi connectivity index (χ2v) is 5.42. The number of piperazine rings is 1. The Bertz CT molecular complexity index is 627. The highest BCUT2D eigenvalue weighted by Crippen LogP contribution is 2.30. The summed E-state index contributed by atoms with van der Waals surface area (Å²) in [6.45, 7) is 6.23. The first-order chi connectivity index (χ1) is 12.1. The number of anilines is 1. The van der Waals surface area contributed by atoms with Gasteiger partial charge in [0.2, 0.25) is 6.41 Å². The molecule has 1 aromatic rings. The molecule has 0 aliphatic carbocycles. The summed E-state index contributed by atoms with van der Waals surface area (Å²) in [4.78, 5) is 38.1. The molecule has 0 atom stereocenters. The molecule has 0 aromatic heterocycles. The summed E-state index contributed by atoms with van der Waals surface area (Å²) in [7, 11) is 0. The summed E-state index contributed by atoms with van der Waals surface area (Å²) >= 11 is 0. The van der Waals surface area contributed by atoms with Crippen molar-refractivity contribution in [3.05, 3.63) is 18.2 Å². The van der Waals surface area contributed by atoms with Crippen LogP contribution in [0.25, 0.3) is 0 Å².